The minimum Gasteiger partial charge on any atom is -0.508 e. The average molecular weight is 256 g/mol. The maximum atomic E-state index is 11.1. The van der Waals surface area contributed by atoms with Crippen LogP contribution in [0.15, 0.2) is 42.5 Å². The zero-order valence-corrected chi connectivity index (χ0v) is 10.7. The lowest BCUT2D eigenvalue weighted by Gasteiger charge is -2.08. The van der Waals surface area contributed by atoms with Crippen molar-refractivity contribution in [3.05, 3.63) is 59.2 Å². The number of benzene rings is 2. The van der Waals surface area contributed by atoms with Gasteiger partial charge in [0.25, 0.3) is 0 Å². The third kappa shape index (κ3) is 3.25. The van der Waals surface area contributed by atoms with Crippen LogP contribution in [0.3, 0.4) is 0 Å². The van der Waals surface area contributed by atoms with Gasteiger partial charge in [0.15, 0.2) is 0 Å². The first-order chi connectivity index (χ1) is 9.06. The van der Waals surface area contributed by atoms with Crippen molar-refractivity contribution in [2.24, 2.45) is 5.73 Å². The van der Waals surface area contributed by atoms with Gasteiger partial charge in [-0.1, -0.05) is 18.2 Å². The Labute approximate surface area is 111 Å². The fourth-order valence-electron chi connectivity index (χ4n) is 1.76. The van der Waals surface area contributed by atoms with Crippen LogP contribution in [0.25, 0.3) is 0 Å². The molecule has 4 heteroatoms. The summed E-state index contributed by atoms with van der Waals surface area (Å²) >= 11 is 0. The number of amides is 1. The minimum absolute atomic E-state index is 0.260. The van der Waals surface area contributed by atoms with E-state index in [1.54, 1.807) is 24.3 Å². The second-order valence-corrected chi connectivity index (χ2v) is 4.42. The first kappa shape index (κ1) is 13.0. The molecular formula is C15H16N2O2. The van der Waals surface area contributed by atoms with Gasteiger partial charge in [-0.3, -0.25) is 4.79 Å². The molecular weight excluding hydrogens is 240 g/mol. The van der Waals surface area contributed by atoms with Crippen molar-refractivity contribution in [2.75, 3.05) is 5.32 Å². The van der Waals surface area contributed by atoms with E-state index >= 15 is 0 Å². The Morgan fingerprint density at radius 1 is 1.26 bits per heavy atom. The number of hydrogen-bond donors (Lipinski definition) is 3. The zero-order valence-electron chi connectivity index (χ0n) is 10.7. The van der Waals surface area contributed by atoms with E-state index in [1.165, 1.54) is 0 Å². The van der Waals surface area contributed by atoms with Gasteiger partial charge in [0.2, 0.25) is 5.91 Å². The molecule has 0 aromatic heterocycles. The van der Waals surface area contributed by atoms with Crippen molar-refractivity contribution >= 4 is 11.6 Å². The molecule has 2 aromatic carbocycles. The molecule has 0 aliphatic heterocycles. The summed E-state index contributed by atoms with van der Waals surface area (Å²) in [5, 5.41) is 12.8. The third-order valence-electron chi connectivity index (χ3n) is 2.92. The Kier molecular flexibility index (Phi) is 3.71. The Morgan fingerprint density at radius 2 is 2.05 bits per heavy atom. The number of rotatable bonds is 4. The number of carbonyl (C=O) groups is 1. The number of aromatic hydroxyl groups is 1. The maximum absolute atomic E-state index is 11.1. The molecule has 0 heterocycles. The van der Waals surface area contributed by atoms with Crippen molar-refractivity contribution in [3.8, 4) is 5.75 Å². The Morgan fingerprint density at radius 3 is 2.74 bits per heavy atom. The molecule has 0 aliphatic rings. The van der Waals surface area contributed by atoms with Gasteiger partial charge in [0.05, 0.1) is 0 Å². The number of aryl methyl sites for hydroxylation is 1. The number of nitrogens with one attached hydrogen (secondary N) is 1. The Balaban J connectivity index is 2.07. The van der Waals surface area contributed by atoms with E-state index in [-0.39, 0.29) is 5.75 Å². The van der Waals surface area contributed by atoms with E-state index in [1.807, 2.05) is 25.1 Å². The molecule has 0 radical (unpaired) electrons. The molecule has 0 saturated carbocycles. The highest BCUT2D eigenvalue weighted by Gasteiger charge is 2.02. The molecule has 1 amide bonds. The summed E-state index contributed by atoms with van der Waals surface area (Å²) in [6, 6.07) is 12.6. The van der Waals surface area contributed by atoms with Gasteiger partial charge in [-0.2, -0.15) is 0 Å². The van der Waals surface area contributed by atoms with Crippen LogP contribution >= 0.6 is 0 Å². The molecule has 2 rings (SSSR count). The van der Waals surface area contributed by atoms with E-state index in [4.69, 9.17) is 5.73 Å². The van der Waals surface area contributed by atoms with Gasteiger partial charge in [-0.25, -0.2) is 0 Å². The minimum atomic E-state index is -0.435. The summed E-state index contributed by atoms with van der Waals surface area (Å²) in [5.41, 5.74) is 8.34. The first-order valence-corrected chi connectivity index (χ1v) is 5.98. The summed E-state index contributed by atoms with van der Waals surface area (Å²) in [6.07, 6.45) is 0. The highest BCUT2D eigenvalue weighted by Crippen LogP contribution is 2.21. The van der Waals surface area contributed by atoms with Crippen molar-refractivity contribution in [1.29, 1.82) is 0 Å². The number of primary amides is 1. The molecule has 98 valence electrons. The van der Waals surface area contributed by atoms with Gasteiger partial charge >= 0.3 is 0 Å². The number of nitrogens with two attached hydrogens (primary N) is 1. The van der Waals surface area contributed by atoms with Crippen molar-refractivity contribution in [1.82, 2.24) is 0 Å². The van der Waals surface area contributed by atoms with Crippen LogP contribution in [0.4, 0.5) is 5.69 Å². The third-order valence-corrected chi connectivity index (χ3v) is 2.92. The zero-order chi connectivity index (χ0) is 13.8. The second kappa shape index (κ2) is 5.44. The van der Waals surface area contributed by atoms with Crippen molar-refractivity contribution in [3.63, 3.8) is 0 Å². The molecule has 2 aromatic rings. The van der Waals surface area contributed by atoms with Crippen molar-refractivity contribution in [2.45, 2.75) is 13.5 Å². The Bertz CT molecular complexity index is 609. The molecule has 19 heavy (non-hydrogen) atoms. The standard InChI is InChI=1S/C15H16N2O2/c1-10-5-6-13(8-14(10)18)17-9-11-3-2-4-12(7-11)15(16)19/h2-8,17-18H,9H2,1H3,(H2,16,19). The van der Waals surface area contributed by atoms with Crippen LogP contribution < -0.4 is 11.1 Å². The molecule has 0 bridgehead atoms. The number of phenolic OH excluding ortho intramolecular Hbond substituents is 1. The van der Waals surface area contributed by atoms with E-state index in [0.29, 0.717) is 12.1 Å². The van der Waals surface area contributed by atoms with E-state index in [9.17, 15) is 9.90 Å². The lowest BCUT2D eigenvalue weighted by atomic mass is 10.1. The van der Waals surface area contributed by atoms with Crippen LogP contribution in [0, 0.1) is 6.92 Å². The van der Waals surface area contributed by atoms with Crippen LogP contribution in [-0.4, -0.2) is 11.0 Å². The van der Waals surface area contributed by atoms with Gasteiger partial charge in [0.1, 0.15) is 5.75 Å². The normalized spacial score (nSPS) is 10.2. The van der Waals surface area contributed by atoms with Gasteiger partial charge in [-0.05, 0) is 36.2 Å². The summed E-state index contributed by atoms with van der Waals surface area (Å²) in [7, 11) is 0. The van der Waals surface area contributed by atoms with Crippen LogP contribution in [0.1, 0.15) is 21.5 Å². The fourth-order valence-corrected chi connectivity index (χ4v) is 1.76. The topological polar surface area (TPSA) is 75.3 Å². The van der Waals surface area contributed by atoms with E-state index in [0.717, 1.165) is 16.8 Å². The molecule has 0 spiro atoms. The highest BCUT2D eigenvalue weighted by molar-refractivity contribution is 5.92. The second-order valence-electron chi connectivity index (χ2n) is 4.42. The van der Waals surface area contributed by atoms with Crippen molar-refractivity contribution < 1.29 is 9.90 Å². The van der Waals surface area contributed by atoms with Gasteiger partial charge in [0, 0.05) is 23.9 Å². The molecule has 4 nitrogen and oxygen atoms in total. The SMILES string of the molecule is Cc1ccc(NCc2cccc(C(N)=O)c2)cc1O. The number of phenols is 1. The molecule has 0 aliphatic carbocycles. The predicted molar refractivity (Wildman–Crippen MR) is 75.1 cm³/mol. The number of carbonyl (C=O) groups excluding carboxylic acids is 1. The lowest BCUT2D eigenvalue weighted by molar-refractivity contribution is 0.1000. The molecule has 0 atom stereocenters. The molecule has 0 fully saturated rings. The van der Waals surface area contributed by atoms with Crippen LogP contribution in [0.2, 0.25) is 0 Å². The van der Waals surface area contributed by atoms with Crippen LogP contribution in [-0.2, 0) is 6.54 Å². The maximum Gasteiger partial charge on any atom is 0.248 e. The largest absolute Gasteiger partial charge is 0.508 e. The van der Waals surface area contributed by atoms with E-state index < -0.39 is 5.91 Å². The number of hydrogen-bond acceptors (Lipinski definition) is 3. The summed E-state index contributed by atoms with van der Waals surface area (Å²) < 4.78 is 0. The fraction of sp³-hybridized carbons (Fsp3) is 0.133. The molecule has 0 saturated heterocycles. The van der Waals surface area contributed by atoms with E-state index in [2.05, 4.69) is 5.32 Å². The molecule has 4 N–H and O–H groups in total. The number of anilines is 1. The first-order valence-electron chi connectivity index (χ1n) is 5.98. The predicted octanol–water partition coefficient (Wildman–Crippen LogP) is 2.41. The summed E-state index contributed by atoms with van der Waals surface area (Å²) in [4.78, 5) is 11.1. The van der Waals surface area contributed by atoms with Gasteiger partial charge in [-0.15, -0.1) is 0 Å². The summed E-state index contributed by atoms with van der Waals surface area (Å²) in [5.74, 6) is -0.175. The van der Waals surface area contributed by atoms with Crippen LogP contribution in [0.5, 0.6) is 5.75 Å². The average Bonchev–Trinajstić information content (AvgIpc) is 2.40. The Hall–Kier alpha value is -2.49. The highest BCUT2D eigenvalue weighted by atomic mass is 16.3. The summed E-state index contributed by atoms with van der Waals surface area (Å²) in [6.45, 7) is 2.40. The monoisotopic (exact) mass is 256 g/mol. The van der Waals surface area contributed by atoms with Gasteiger partial charge < -0.3 is 16.2 Å². The molecule has 0 unspecified atom stereocenters. The quantitative estimate of drug-likeness (QED) is 0.786. The lowest BCUT2D eigenvalue weighted by Crippen LogP contribution is -2.11. The smallest absolute Gasteiger partial charge is 0.248 e.